The predicted molar refractivity (Wildman–Crippen MR) is 73.9 cm³/mol. The van der Waals surface area contributed by atoms with Crippen molar-refractivity contribution in [3.63, 3.8) is 0 Å². The highest BCUT2D eigenvalue weighted by Crippen LogP contribution is 2.17. The smallest absolute Gasteiger partial charge is 0.218 e. The maximum atomic E-state index is 12.2. The van der Waals surface area contributed by atoms with E-state index in [1.165, 1.54) is 0 Å². The van der Waals surface area contributed by atoms with Gasteiger partial charge in [0, 0.05) is 24.6 Å². The number of thioether (sulfide) groups is 1. The van der Waals surface area contributed by atoms with Crippen molar-refractivity contribution in [2.45, 2.75) is 12.4 Å². The van der Waals surface area contributed by atoms with E-state index in [2.05, 4.69) is 0 Å². The third-order valence-corrected chi connectivity index (χ3v) is 5.68. The van der Waals surface area contributed by atoms with Crippen LogP contribution in [0.2, 0.25) is 0 Å². The van der Waals surface area contributed by atoms with Crippen molar-refractivity contribution in [1.82, 2.24) is 4.31 Å². The number of nitrogens with zero attached hydrogens (tertiary/aromatic N) is 1. The number of rotatable bonds is 4. The highest BCUT2D eigenvalue weighted by molar-refractivity contribution is 7.99. The first-order valence-electron chi connectivity index (χ1n) is 5.86. The summed E-state index contributed by atoms with van der Waals surface area (Å²) in [7, 11) is -3.22. The van der Waals surface area contributed by atoms with Crippen LogP contribution >= 0.6 is 11.8 Å². The zero-order valence-corrected chi connectivity index (χ0v) is 11.7. The van der Waals surface area contributed by atoms with E-state index in [-0.39, 0.29) is 12.4 Å². The molecule has 0 saturated carbocycles. The molecule has 0 atom stereocenters. The maximum absolute atomic E-state index is 12.2. The summed E-state index contributed by atoms with van der Waals surface area (Å²) in [5, 5.41) is 9.05. The Bertz CT molecular complexity index is 496. The highest BCUT2D eigenvalue weighted by atomic mass is 32.2. The SMILES string of the molecule is O=S(=O)(Cc1cccc(CO)c1)N1CCSCC1. The van der Waals surface area contributed by atoms with E-state index in [4.69, 9.17) is 5.11 Å². The van der Waals surface area contributed by atoms with Crippen LogP contribution in [-0.4, -0.2) is 42.4 Å². The zero-order chi connectivity index (χ0) is 13.0. The van der Waals surface area contributed by atoms with Crippen LogP contribution in [0, 0.1) is 0 Å². The normalized spacial score (nSPS) is 17.8. The van der Waals surface area contributed by atoms with E-state index < -0.39 is 10.0 Å². The molecule has 1 aromatic carbocycles. The van der Waals surface area contributed by atoms with Crippen molar-refractivity contribution >= 4 is 21.8 Å². The Hall–Kier alpha value is -0.560. The van der Waals surface area contributed by atoms with Gasteiger partial charge in [-0.3, -0.25) is 0 Å². The zero-order valence-electron chi connectivity index (χ0n) is 10.1. The molecule has 1 saturated heterocycles. The van der Waals surface area contributed by atoms with Gasteiger partial charge in [0.25, 0.3) is 0 Å². The summed E-state index contributed by atoms with van der Waals surface area (Å²) in [4.78, 5) is 0. The quantitative estimate of drug-likeness (QED) is 0.899. The average molecular weight is 287 g/mol. The molecular formula is C12H17NO3S2. The topological polar surface area (TPSA) is 57.6 Å². The predicted octanol–water partition coefficient (Wildman–Crippen LogP) is 1.06. The lowest BCUT2D eigenvalue weighted by Gasteiger charge is -2.25. The molecule has 1 aliphatic heterocycles. The summed E-state index contributed by atoms with van der Waals surface area (Å²) >= 11 is 1.79. The molecule has 100 valence electrons. The number of sulfonamides is 1. The third kappa shape index (κ3) is 3.47. The van der Waals surface area contributed by atoms with Gasteiger partial charge in [-0.15, -0.1) is 0 Å². The standard InChI is InChI=1S/C12H17NO3S2/c14-9-11-2-1-3-12(8-11)10-18(15,16)13-4-6-17-7-5-13/h1-3,8,14H,4-7,9-10H2. The van der Waals surface area contributed by atoms with Crippen molar-refractivity contribution in [1.29, 1.82) is 0 Å². The van der Waals surface area contributed by atoms with Crippen LogP contribution in [0.5, 0.6) is 0 Å². The Morgan fingerprint density at radius 1 is 1.22 bits per heavy atom. The van der Waals surface area contributed by atoms with E-state index in [1.807, 2.05) is 0 Å². The Kier molecular flexibility index (Phi) is 4.66. The summed E-state index contributed by atoms with van der Waals surface area (Å²) in [5.74, 6) is 1.76. The van der Waals surface area contributed by atoms with Gasteiger partial charge in [-0.05, 0) is 11.1 Å². The van der Waals surface area contributed by atoms with Crippen LogP contribution < -0.4 is 0 Å². The molecule has 1 fully saturated rings. The first-order chi connectivity index (χ1) is 8.62. The monoisotopic (exact) mass is 287 g/mol. The minimum Gasteiger partial charge on any atom is -0.392 e. The molecule has 0 bridgehead atoms. The summed E-state index contributed by atoms with van der Waals surface area (Å²) in [6, 6.07) is 7.10. The van der Waals surface area contributed by atoms with Gasteiger partial charge >= 0.3 is 0 Å². The maximum Gasteiger partial charge on any atom is 0.218 e. The molecule has 1 aromatic rings. The van der Waals surface area contributed by atoms with E-state index in [1.54, 1.807) is 40.3 Å². The lowest BCUT2D eigenvalue weighted by atomic mass is 10.1. The van der Waals surface area contributed by atoms with Gasteiger partial charge in [-0.2, -0.15) is 16.1 Å². The molecule has 0 amide bonds. The van der Waals surface area contributed by atoms with Crippen LogP contribution in [0.3, 0.4) is 0 Å². The molecule has 6 heteroatoms. The summed E-state index contributed by atoms with van der Waals surface area (Å²) in [6.45, 7) is 1.15. The fourth-order valence-electron chi connectivity index (χ4n) is 1.94. The van der Waals surface area contributed by atoms with Crippen LogP contribution in [-0.2, 0) is 22.4 Å². The first-order valence-corrected chi connectivity index (χ1v) is 8.62. The van der Waals surface area contributed by atoms with E-state index in [0.29, 0.717) is 13.1 Å². The lowest BCUT2D eigenvalue weighted by molar-refractivity contribution is 0.281. The van der Waals surface area contributed by atoms with Crippen LogP contribution in [0.25, 0.3) is 0 Å². The van der Waals surface area contributed by atoms with Crippen LogP contribution in [0.15, 0.2) is 24.3 Å². The van der Waals surface area contributed by atoms with E-state index in [9.17, 15) is 8.42 Å². The Labute approximate surface area is 112 Å². The molecular weight excluding hydrogens is 270 g/mol. The van der Waals surface area contributed by atoms with Crippen molar-refractivity contribution in [2.75, 3.05) is 24.6 Å². The molecule has 2 rings (SSSR count). The molecule has 0 spiro atoms. The Morgan fingerprint density at radius 3 is 2.56 bits per heavy atom. The number of hydrogen-bond acceptors (Lipinski definition) is 4. The average Bonchev–Trinajstić information content (AvgIpc) is 2.39. The van der Waals surface area contributed by atoms with Crippen molar-refractivity contribution < 1.29 is 13.5 Å². The Morgan fingerprint density at radius 2 is 1.89 bits per heavy atom. The minimum absolute atomic E-state index is 0.0194. The third-order valence-electron chi connectivity index (χ3n) is 2.89. The largest absolute Gasteiger partial charge is 0.392 e. The second-order valence-electron chi connectivity index (χ2n) is 4.25. The van der Waals surface area contributed by atoms with E-state index >= 15 is 0 Å². The van der Waals surface area contributed by atoms with Gasteiger partial charge in [0.2, 0.25) is 10.0 Å². The van der Waals surface area contributed by atoms with Crippen LogP contribution in [0.4, 0.5) is 0 Å². The number of aliphatic hydroxyl groups is 1. The highest BCUT2D eigenvalue weighted by Gasteiger charge is 2.24. The van der Waals surface area contributed by atoms with Gasteiger partial charge in [-0.25, -0.2) is 8.42 Å². The number of benzene rings is 1. The Balaban J connectivity index is 2.11. The number of hydrogen-bond donors (Lipinski definition) is 1. The fourth-order valence-corrected chi connectivity index (χ4v) is 4.60. The minimum atomic E-state index is -3.22. The second kappa shape index (κ2) is 6.06. The molecule has 0 aliphatic carbocycles. The van der Waals surface area contributed by atoms with Gasteiger partial charge in [0.15, 0.2) is 0 Å². The molecule has 1 aliphatic rings. The van der Waals surface area contributed by atoms with Crippen molar-refractivity contribution in [3.05, 3.63) is 35.4 Å². The van der Waals surface area contributed by atoms with Crippen LogP contribution in [0.1, 0.15) is 11.1 Å². The molecule has 0 unspecified atom stereocenters. The first kappa shape index (κ1) is 13.9. The molecule has 18 heavy (non-hydrogen) atoms. The van der Waals surface area contributed by atoms with Crippen molar-refractivity contribution in [3.8, 4) is 0 Å². The summed E-state index contributed by atoms with van der Waals surface area (Å²) in [6.07, 6.45) is 0. The summed E-state index contributed by atoms with van der Waals surface area (Å²) in [5.41, 5.74) is 1.48. The lowest BCUT2D eigenvalue weighted by Crippen LogP contribution is -2.38. The van der Waals surface area contributed by atoms with E-state index in [0.717, 1.165) is 22.6 Å². The molecule has 1 heterocycles. The molecule has 4 nitrogen and oxygen atoms in total. The van der Waals surface area contributed by atoms with Gasteiger partial charge in [-0.1, -0.05) is 24.3 Å². The van der Waals surface area contributed by atoms with Gasteiger partial charge < -0.3 is 5.11 Å². The second-order valence-corrected chi connectivity index (χ2v) is 7.44. The summed E-state index contributed by atoms with van der Waals surface area (Å²) < 4.78 is 26.0. The number of aliphatic hydroxyl groups excluding tert-OH is 1. The fraction of sp³-hybridized carbons (Fsp3) is 0.500. The molecule has 1 N–H and O–H groups in total. The van der Waals surface area contributed by atoms with Gasteiger partial charge in [0.05, 0.1) is 12.4 Å². The molecule has 0 radical (unpaired) electrons. The van der Waals surface area contributed by atoms with Gasteiger partial charge in [0.1, 0.15) is 0 Å². The molecule has 0 aromatic heterocycles. The van der Waals surface area contributed by atoms with Crippen molar-refractivity contribution in [2.24, 2.45) is 0 Å².